The number of hydrogen-bond acceptors (Lipinski definition) is 5. The zero-order chi connectivity index (χ0) is 16.5. The third-order valence-corrected chi connectivity index (χ3v) is 3.12. The average Bonchev–Trinajstić information content (AvgIpc) is 2.99. The fraction of sp³-hybridized carbons (Fsp3) is 0.562. The van der Waals surface area contributed by atoms with Gasteiger partial charge in [0.1, 0.15) is 12.4 Å². The van der Waals surface area contributed by atoms with Crippen LogP contribution in [0.4, 0.5) is 0 Å². The fourth-order valence-electron chi connectivity index (χ4n) is 2.13. The zero-order valence-corrected chi connectivity index (χ0v) is 13.9. The molecule has 0 saturated heterocycles. The van der Waals surface area contributed by atoms with Crippen molar-refractivity contribution in [1.82, 2.24) is 10.6 Å². The number of ether oxygens (including phenoxy) is 4. The molecular formula is C16H25N3O4. The second-order valence-corrected chi connectivity index (χ2v) is 5.12. The lowest BCUT2D eigenvalue weighted by Crippen LogP contribution is -2.44. The van der Waals surface area contributed by atoms with Crippen LogP contribution < -0.4 is 24.8 Å². The molecule has 0 spiro atoms. The molecule has 1 unspecified atom stereocenters. The summed E-state index contributed by atoms with van der Waals surface area (Å²) >= 11 is 0. The van der Waals surface area contributed by atoms with Crippen molar-refractivity contribution < 1.29 is 18.9 Å². The van der Waals surface area contributed by atoms with E-state index < -0.39 is 0 Å². The number of guanidine groups is 1. The van der Waals surface area contributed by atoms with E-state index in [1.807, 2.05) is 32.0 Å². The van der Waals surface area contributed by atoms with E-state index in [0.717, 1.165) is 29.8 Å². The number of aliphatic imine (C=N–C) groups is 1. The summed E-state index contributed by atoms with van der Waals surface area (Å²) in [4.78, 5) is 4.48. The summed E-state index contributed by atoms with van der Waals surface area (Å²) in [5, 5.41) is 6.47. The van der Waals surface area contributed by atoms with Crippen molar-refractivity contribution >= 4 is 5.96 Å². The molecule has 7 nitrogen and oxygen atoms in total. The van der Waals surface area contributed by atoms with E-state index in [9.17, 15) is 0 Å². The van der Waals surface area contributed by atoms with Crippen LogP contribution in [-0.2, 0) is 4.74 Å². The molecule has 7 heteroatoms. The average molecular weight is 323 g/mol. The van der Waals surface area contributed by atoms with E-state index in [2.05, 4.69) is 15.6 Å². The highest BCUT2D eigenvalue weighted by molar-refractivity contribution is 5.80. The normalized spacial score (nSPS) is 14.5. The van der Waals surface area contributed by atoms with Gasteiger partial charge in [-0.15, -0.1) is 0 Å². The standard InChI is InChI=1S/C16H25N3O4/c1-4-17-16(19-12(2)10-20-3)18-7-8-21-13-5-6-14-15(9-13)23-11-22-14/h5-6,9,12H,4,7-8,10-11H2,1-3H3,(H2,17,18,19). The van der Waals surface area contributed by atoms with Gasteiger partial charge in [-0.2, -0.15) is 0 Å². The Kier molecular flexibility index (Phi) is 6.80. The first-order chi connectivity index (χ1) is 11.2. The molecule has 2 rings (SSSR count). The predicted molar refractivity (Wildman–Crippen MR) is 88.5 cm³/mol. The Labute approximate surface area is 137 Å². The second kappa shape index (κ2) is 9.09. The molecule has 0 amide bonds. The van der Waals surface area contributed by atoms with Crippen LogP contribution in [0, 0.1) is 0 Å². The molecular weight excluding hydrogens is 298 g/mol. The lowest BCUT2D eigenvalue weighted by atomic mass is 10.3. The van der Waals surface area contributed by atoms with Crippen LogP contribution in [0.2, 0.25) is 0 Å². The molecule has 0 radical (unpaired) electrons. The van der Waals surface area contributed by atoms with Crippen molar-refractivity contribution in [2.45, 2.75) is 19.9 Å². The smallest absolute Gasteiger partial charge is 0.231 e. The Morgan fingerprint density at radius 1 is 1.35 bits per heavy atom. The first kappa shape index (κ1) is 17.2. The fourth-order valence-corrected chi connectivity index (χ4v) is 2.13. The van der Waals surface area contributed by atoms with Crippen molar-refractivity contribution in [3.8, 4) is 17.2 Å². The van der Waals surface area contributed by atoms with Crippen LogP contribution in [0.15, 0.2) is 23.2 Å². The summed E-state index contributed by atoms with van der Waals surface area (Å²) in [6, 6.07) is 5.73. The minimum absolute atomic E-state index is 0.188. The van der Waals surface area contributed by atoms with E-state index in [4.69, 9.17) is 18.9 Å². The monoisotopic (exact) mass is 323 g/mol. The second-order valence-electron chi connectivity index (χ2n) is 5.12. The van der Waals surface area contributed by atoms with Crippen molar-refractivity contribution in [3.63, 3.8) is 0 Å². The van der Waals surface area contributed by atoms with Gasteiger partial charge >= 0.3 is 0 Å². The van der Waals surface area contributed by atoms with Gasteiger partial charge < -0.3 is 29.6 Å². The molecule has 1 aliphatic heterocycles. The highest BCUT2D eigenvalue weighted by atomic mass is 16.7. The summed E-state index contributed by atoms with van der Waals surface area (Å²) in [6.45, 7) is 6.78. The molecule has 0 aromatic heterocycles. The molecule has 1 aliphatic rings. The van der Waals surface area contributed by atoms with Crippen LogP contribution in [0.5, 0.6) is 17.2 Å². The van der Waals surface area contributed by atoms with E-state index in [-0.39, 0.29) is 12.8 Å². The van der Waals surface area contributed by atoms with E-state index in [1.54, 1.807) is 7.11 Å². The highest BCUT2D eigenvalue weighted by Gasteiger charge is 2.13. The molecule has 2 N–H and O–H groups in total. The molecule has 1 aromatic carbocycles. The maximum Gasteiger partial charge on any atom is 0.231 e. The van der Waals surface area contributed by atoms with Crippen molar-refractivity contribution in [3.05, 3.63) is 18.2 Å². The molecule has 0 saturated carbocycles. The Morgan fingerprint density at radius 3 is 2.96 bits per heavy atom. The number of fused-ring (bicyclic) bond motifs is 1. The SMILES string of the molecule is CCNC(=NCCOc1ccc2c(c1)OCO2)NC(C)COC. The van der Waals surface area contributed by atoms with Crippen molar-refractivity contribution in [1.29, 1.82) is 0 Å². The summed E-state index contributed by atoms with van der Waals surface area (Å²) in [7, 11) is 1.68. The van der Waals surface area contributed by atoms with Crippen LogP contribution >= 0.6 is 0 Å². The minimum Gasteiger partial charge on any atom is -0.492 e. The van der Waals surface area contributed by atoms with Gasteiger partial charge in [0.2, 0.25) is 6.79 Å². The van der Waals surface area contributed by atoms with Crippen LogP contribution in [0.3, 0.4) is 0 Å². The lowest BCUT2D eigenvalue weighted by molar-refractivity contribution is 0.173. The summed E-state index contributed by atoms with van der Waals surface area (Å²) in [5.41, 5.74) is 0. The number of nitrogens with zero attached hydrogens (tertiary/aromatic N) is 1. The maximum absolute atomic E-state index is 5.69. The number of methoxy groups -OCH3 is 1. The summed E-state index contributed by atoms with van der Waals surface area (Å²) < 4.78 is 21.4. The third-order valence-electron chi connectivity index (χ3n) is 3.12. The highest BCUT2D eigenvalue weighted by Crippen LogP contribution is 2.34. The maximum atomic E-state index is 5.69. The molecule has 0 bridgehead atoms. The first-order valence-corrected chi connectivity index (χ1v) is 7.79. The third kappa shape index (κ3) is 5.52. The van der Waals surface area contributed by atoms with E-state index in [0.29, 0.717) is 19.8 Å². The van der Waals surface area contributed by atoms with E-state index >= 15 is 0 Å². The number of nitrogens with one attached hydrogen (secondary N) is 2. The first-order valence-electron chi connectivity index (χ1n) is 7.79. The van der Waals surface area contributed by atoms with Crippen molar-refractivity contribution in [2.24, 2.45) is 4.99 Å². The van der Waals surface area contributed by atoms with Crippen LogP contribution in [-0.4, -0.2) is 52.2 Å². The van der Waals surface area contributed by atoms with Gasteiger partial charge in [0.05, 0.1) is 13.2 Å². The molecule has 1 aromatic rings. The Morgan fingerprint density at radius 2 is 2.17 bits per heavy atom. The van der Waals surface area contributed by atoms with Crippen LogP contribution in [0.1, 0.15) is 13.8 Å². The molecule has 0 aliphatic carbocycles. The van der Waals surface area contributed by atoms with Gasteiger partial charge in [0.25, 0.3) is 0 Å². The Hall–Kier alpha value is -2.15. The lowest BCUT2D eigenvalue weighted by Gasteiger charge is -2.17. The van der Waals surface area contributed by atoms with Gasteiger partial charge in [-0.3, -0.25) is 0 Å². The molecule has 23 heavy (non-hydrogen) atoms. The molecule has 1 atom stereocenters. The van der Waals surface area contributed by atoms with Gasteiger partial charge in [-0.05, 0) is 26.0 Å². The Balaban J connectivity index is 1.78. The predicted octanol–water partition coefficient (Wildman–Crippen LogP) is 1.38. The van der Waals surface area contributed by atoms with E-state index in [1.165, 1.54) is 0 Å². The molecule has 128 valence electrons. The largest absolute Gasteiger partial charge is 0.492 e. The topological polar surface area (TPSA) is 73.3 Å². The van der Waals surface area contributed by atoms with Gasteiger partial charge in [0, 0.05) is 25.8 Å². The van der Waals surface area contributed by atoms with Crippen LogP contribution in [0.25, 0.3) is 0 Å². The van der Waals surface area contributed by atoms with Gasteiger partial charge in [0.15, 0.2) is 17.5 Å². The number of hydrogen-bond donors (Lipinski definition) is 2. The minimum atomic E-state index is 0.188. The summed E-state index contributed by atoms with van der Waals surface area (Å²) in [6.07, 6.45) is 0. The number of rotatable bonds is 8. The van der Waals surface area contributed by atoms with Crippen molar-refractivity contribution in [2.75, 3.05) is 40.2 Å². The Bertz CT molecular complexity index is 522. The molecule has 1 heterocycles. The van der Waals surface area contributed by atoms with Gasteiger partial charge in [-0.25, -0.2) is 4.99 Å². The quantitative estimate of drug-likeness (QED) is 0.428. The summed E-state index contributed by atoms with van der Waals surface area (Å²) in [5.74, 6) is 2.97. The number of benzene rings is 1. The zero-order valence-electron chi connectivity index (χ0n) is 13.9. The van der Waals surface area contributed by atoms with Gasteiger partial charge in [-0.1, -0.05) is 0 Å². The molecule has 0 fully saturated rings.